The highest BCUT2D eigenvalue weighted by molar-refractivity contribution is 5.80. The summed E-state index contributed by atoms with van der Waals surface area (Å²) >= 11 is 0. The number of nitrogens with zero attached hydrogens (tertiary/aromatic N) is 1. The number of aromatic nitrogens is 1. The third-order valence-electron chi connectivity index (χ3n) is 3.71. The van der Waals surface area contributed by atoms with E-state index >= 15 is 0 Å². The van der Waals surface area contributed by atoms with E-state index in [2.05, 4.69) is 61.1 Å². The summed E-state index contributed by atoms with van der Waals surface area (Å²) in [7, 11) is 0. The Labute approximate surface area is 116 Å². The maximum Gasteiger partial charge on any atom is 0.0483 e. The third-order valence-corrected chi connectivity index (χ3v) is 3.71. The minimum absolute atomic E-state index is 0.748. The lowest BCUT2D eigenvalue weighted by atomic mass is 10.1. The monoisotopic (exact) mass is 258 g/mol. The van der Waals surface area contributed by atoms with Crippen LogP contribution in [0.5, 0.6) is 0 Å². The molecule has 0 aliphatic heterocycles. The van der Waals surface area contributed by atoms with E-state index in [1.54, 1.807) is 0 Å². The molecule has 1 heterocycles. The summed E-state index contributed by atoms with van der Waals surface area (Å²) in [6, 6.07) is 9.02. The van der Waals surface area contributed by atoms with Crippen LogP contribution in [0.25, 0.3) is 10.9 Å². The van der Waals surface area contributed by atoms with Gasteiger partial charge in [0.2, 0.25) is 0 Å². The van der Waals surface area contributed by atoms with E-state index in [4.69, 9.17) is 0 Å². The molecule has 2 nitrogen and oxygen atoms in total. The van der Waals surface area contributed by atoms with Crippen LogP contribution in [0, 0.1) is 5.92 Å². The van der Waals surface area contributed by atoms with E-state index in [0.717, 1.165) is 25.6 Å². The summed E-state index contributed by atoms with van der Waals surface area (Å²) in [5.74, 6) is 0.748. The van der Waals surface area contributed by atoms with Crippen molar-refractivity contribution in [1.29, 1.82) is 0 Å². The van der Waals surface area contributed by atoms with Gasteiger partial charge >= 0.3 is 0 Å². The van der Waals surface area contributed by atoms with Gasteiger partial charge in [-0.25, -0.2) is 0 Å². The summed E-state index contributed by atoms with van der Waals surface area (Å²) in [4.78, 5) is 0. The summed E-state index contributed by atoms with van der Waals surface area (Å²) in [6.07, 6.45) is 4.80. The van der Waals surface area contributed by atoms with Gasteiger partial charge in [-0.1, -0.05) is 39.3 Å². The van der Waals surface area contributed by atoms with Gasteiger partial charge in [-0.2, -0.15) is 0 Å². The zero-order valence-electron chi connectivity index (χ0n) is 12.4. The Balaban J connectivity index is 2.19. The van der Waals surface area contributed by atoms with Gasteiger partial charge in [-0.15, -0.1) is 0 Å². The van der Waals surface area contributed by atoms with Gasteiger partial charge in [-0.3, -0.25) is 0 Å². The maximum atomic E-state index is 3.39. The maximum absolute atomic E-state index is 3.39. The highest BCUT2D eigenvalue weighted by atomic mass is 15.0. The van der Waals surface area contributed by atoms with Crippen molar-refractivity contribution in [2.75, 3.05) is 6.54 Å². The fourth-order valence-electron chi connectivity index (χ4n) is 2.69. The first-order valence-corrected chi connectivity index (χ1v) is 7.53. The van der Waals surface area contributed by atoms with Gasteiger partial charge in [0, 0.05) is 24.8 Å². The van der Waals surface area contributed by atoms with Crippen molar-refractivity contribution < 1.29 is 0 Å². The predicted octanol–water partition coefficient (Wildman–Crippen LogP) is 4.19. The molecular weight excluding hydrogens is 232 g/mol. The minimum atomic E-state index is 0.748. The van der Waals surface area contributed by atoms with Crippen LogP contribution in [-0.2, 0) is 13.1 Å². The van der Waals surface area contributed by atoms with Crippen molar-refractivity contribution in [2.24, 2.45) is 5.92 Å². The summed E-state index contributed by atoms with van der Waals surface area (Å²) < 4.78 is 2.41. The SMILES string of the molecule is CCCC(C)Cn1ccc2ccc(CNCC)cc21. The van der Waals surface area contributed by atoms with Gasteiger partial charge in [-0.05, 0) is 42.0 Å². The molecule has 1 unspecified atom stereocenters. The predicted molar refractivity (Wildman–Crippen MR) is 83.4 cm³/mol. The van der Waals surface area contributed by atoms with E-state index in [9.17, 15) is 0 Å². The Morgan fingerprint density at radius 2 is 2.05 bits per heavy atom. The highest BCUT2D eigenvalue weighted by Crippen LogP contribution is 2.20. The van der Waals surface area contributed by atoms with Crippen LogP contribution in [0.1, 0.15) is 39.2 Å². The molecule has 104 valence electrons. The molecule has 1 aromatic carbocycles. The molecule has 0 fully saturated rings. The average molecular weight is 258 g/mol. The molecule has 0 radical (unpaired) electrons. The van der Waals surface area contributed by atoms with Gasteiger partial charge in [0.05, 0.1) is 0 Å². The lowest BCUT2D eigenvalue weighted by Crippen LogP contribution is -2.11. The fraction of sp³-hybridized carbons (Fsp3) is 0.529. The zero-order valence-corrected chi connectivity index (χ0v) is 12.4. The summed E-state index contributed by atoms with van der Waals surface area (Å²) in [5.41, 5.74) is 2.75. The van der Waals surface area contributed by atoms with E-state index in [1.165, 1.54) is 29.3 Å². The molecule has 0 aliphatic carbocycles. The van der Waals surface area contributed by atoms with Crippen LogP contribution in [0.15, 0.2) is 30.5 Å². The average Bonchev–Trinajstić information content (AvgIpc) is 2.79. The Morgan fingerprint density at radius 1 is 1.21 bits per heavy atom. The molecule has 0 saturated heterocycles. The summed E-state index contributed by atoms with van der Waals surface area (Å²) in [6.45, 7) is 9.86. The highest BCUT2D eigenvalue weighted by Gasteiger charge is 2.06. The lowest BCUT2D eigenvalue weighted by Gasteiger charge is -2.13. The number of rotatable bonds is 7. The largest absolute Gasteiger partial charge is 0.347 e. The van der Waals surface area contributed by atoms with Crippen molar-refractivity contribution in [2.45, 2.75) is 46.7 Å². The molecule has 2 aromatic rings. The molecule has 0 saturated carbocycles. The van der Waals surface area contributed by atoms with E-state index < -0.39 is 0 Å². The number of fused-ring (bicyclic) bond motifs is 1. The first-order valence-electron chi connectivity index (χ1n) is 7.53. The van der Waals surface area contributed by atoms with Crippen molar-refractivity contribution in [3.63, 3.8) is 0 Å². The molecule has 0 spiro atoms. The van der Waals surface area contributed by atoms with Crippen LogP contribution >= 0.6 is 0 Å². The standard InChI is InChI=1S/C17H26N2/c1-4-6-14(3)13-19-10-9-16-8-7-15(11-17(16)19)12-18-5-2/h7-11,14,18H,4-6,12-13H2,1-3H3. The Hall–Kier alpha value is -1.28. The number of benzene rings is 1. The van der Waals surface area contributed by atoms with Gasteiger partial charge < -0.3 is 9.88 Å². The molecule has 2 heteroatoms. The van der Waals surface area contributed by atoms with Crippen LogP contribution in [0.2, 0.25) is 0 Å². The fourth-order valence-corrected chi connectivity index (χ4v) is 2.69. The molecule has 2 rings (SSSR count). The molecule has 0 amide bonds. The molecular formula is C17H26N2. The van der Waals surface area contributed by atoms with Crippen molar-refractivity contribution in [1.82, 2.24) is 9.88 Å². The van der Waals surface area contributed by atoms with Gasteiger partial charge in [0.15, 0.2) is 0 Å². The lowest BCUT2D eigenvalue weighted by molar-refractivity contribution is 0.453. The van der Waals surface area contributed by atoms with E-state index in [-0.39, 0.29) is 0 Å². The smallest absolute Gasteiger partial charge is 0.0483 e. The molecule has 1 atom stereocenters. The topological polar surface area (TPSA) is 17.0 Å². The Kier molecular flexibility index (Phi) is 5.03. The molecule has 0 aliphatic rings. The van der Waals surface area contributed by atoms with Crippen molar-refractivity contribution in [3.05, 3.63) is 36.0 Å². The second-order valence-corrected chi connectivity index (χ2v) is 5.54. The van der Waals surface area contributed by atoms with Crippen molar-refractivity contribution in [3.8, 4) is 0 Å². The van der Waals surface area contributed by atoms with Crippen LogP contribution in [-0.4, -0.2) is 11.1 Å². The molecule has 1 aromatic heterocycles. The van der Waals surface area contributed by atoms with Crippen LogP contribution in [0.3, 0.4) is 0 Å². The normalized spacial score (nSPS) is 13.0. The van der Waals surface area contributed by atoms with E-state index in [0.29, 0.717) is 0 Å². The first kappa shape index (κ1) is 14.1. The minimum Gasteiger partial charge on any atom is -0.347 e. The molecule has 19 heavy (non-hydrogen) atoms. The quantitative estimate of drug-likeness (QED) is 0.788. The second kappa shape index (κ2) is 6.76. The summed E-state index contributed by atoms with van der Waals surface area (Å²) in [5, 5.41) is 4.74. The van der Waals surface area contributed by atoms with Crippen LogP contribution < -0.4 is 5.32 Å². The zero-order chi connectivity index (χ0) is 13.7. The number of nitrogens with one attached hydrogen (secondary N) is 1. The molecule has 1 N–H and O–H groups in total. The first-order chi connectivity index (χ1) is 9.24. The third kappa shape index (κ3) is 3.60. The number of hydrogen-bond acceptors (Lipinski definition) is 1. The Morgan fingerprint density at radius 3 is 2.79 bits per heavy atom. The molecule has 0 bridgehead atoms. The van der Waals surface area contributed by atoms with Crippen LogP contribution in [0.4, 0.5) is 0 Å². The van der Waals surface area contributed by atoms with E-state index in [1.807, 2.05) is 0 Å². The second-order valence-electron chi connectivity index (χ2n) is 5.54. The van der Waals surface area contributed by atoms with Gasteiger partial charge in [0.25, 0.3) is 0 Å². The van der Waals surface area contributed by atoms with Gasteiger partial charge in [0.1, 0.15) is 0 Å². The van der Waals surface area contributed by atoms with Crippen molar-refractivity contribution >= 4 is 10.9 Å². The Bertz CT molecular complexity index is 513. The number of hydrogen-bond donors (Lipinski definition) is 1.